The summed E-state index contributed by atoms with van der Waals surface area (Å²) in [5.41, 5.74) is 2.26. The van der Waals surface area contributed by atoms with Gasteiger partial charge < -0.3 is 23.9 Å². The highest BCUT2D eigenvalue weighted by Crippen LogP contribution is 2.42. The molecule has 1 atom stereocenters. The number of fused-ring (bicyclic) bond motifs is 1. The lowest BCUT2D eigenvalue weighted by atomic mass is 10.1. The van der Waals surface area contributed by atoms with Crippen LogP contribution in [-0.4, -0.2) is 49.9 Å². The third-order valence-electron chi connectivity index (χ3n) is 6.62. The van der Waals surface area contributed by atoms with Crippen LogP contribution < -0.4 is 14.2 Å². The Bertz CT molecular complexity index is 1540. The number of aromatic nitrogens is 4. The summed E-state index contributed by atoms with van der Waals surface area (Å²) in [7, 11) is 1.60. The quantitative estimate of drug-likeness (QED) is 0.224. The van der Waals surface area contributed by atoms with Crippen LogP contribution in [0.2, 0.25) is 10.0 Å². The fourth-order valence-corrected chi connectivity index (χ4v) is 4.74. The Kier molecular flexibility index (Phi) is 7.55. The lowest BCUT2D eigenvalue weighted by molar-refractivity contribution is -0.138. The molecule has 0 aliphatic heterocycles. The van der Waals surface area contributed by atoms with Crippen LogP contribution in [0.15, 0.2) is 42.7 Å². The summed E-state index contributed by atoms with van der Waals surface area (Å²) in [6, 6.07) is 10.8. The number of benzene rings is 2. The molecule has 0 amide bonds. The lowest BCUT2D eigenvalue weighted by Gasteiger charge is -2.16. The van der Waals surface area contributed by atoms with E-state index in [0.717, 1.165) is 18.4 Å². The van der Waals surface area contributed by atoms with E-state index in [1.807, 2.05) is 42.7 Å². The Balaban J connectivity index is 1.61. The van der Waals surface area contributed by atoms with Crippen molar-refractivity contribution < 1.29 is 24.1 Å². The van der Waals surface area contributed by atoms with Crippen LogP contribution in [-0.2, 0) is 11.3 Å². The molecular formula is C28H28Cl2N4O5. The number of hydrogen-bond acceptors (Lipinski definition) is 7. The molecule has 0 unspecified atom stereocenters. The fraction of sp³-hybridized carbons (Fsp3) is 0.357. The maximum absolute atomic E-state index is 11.1. The summed E-state index contributed by atoms with van der Waals surface area (Å²) >= 11 is 13.2. The van der Waals surface area contributed by atoms with Crippen molar-refractivity contribution in [2.45, 2.75) is 45.3 Å². The van der Waals surface area contributed by atoms with Crippen molar-refractivity contribution in [1.82, 2.24) is 19.5 Å². The van der Waals surface area contributed by atoms with Crippen LogP contribution in [0.3, 0.4) is 0 Å². The summed E-state index contributed by atoms with van der Waals surface area (Å²) in [5.74, 6) is 0.963. The van der Waals surface area contributed by atoms with E-state index in [9.17, 15) is 4.79 Å². The van der Waals surface area contributed by atoms with Crippen molar-refractivity contribution in [3.05, 3.63) is 58.3 Å². The Hall–Kier alpha value is -3.56. The molecule has 1 saturated carbocycles. The Morgan fingerprint density at radius 3 is 2.69 bits per heavy atom. The van der Waals surface area contributed by atoms with Gasteiger partial charge >= 0.3 is 5.97 Å². The molecule has 1 fully saturated rings. The van der Waals surface area contributed by atoms with Crippen LogP contribution in [0.5, 0.6) is 17.4 Å². The van der Waals surface area contributed by atoms with E-state index in [1.54, 1.807) is 19.2 Å². The van der Waals surface area contributed by atoms with Gasteiger partial charge in [0.15, 0.2) is 11.2 Å². The minimum atomic E-state index is -0.879. The number of aliphatic carboxylic acids is 1. The van der Waals surface area contributed by atoms with Crippen LogP contribution >= 0.6 is 23.2 Å². The highest BCUT2D eigenvalue weighted by atomic mass is 35.5. The minimum Gasteiger partial charge on any atom is -0.496 e. The Morgan fingerprint density at radius 1 is 1.18 bits per heavy atom. The van der Waals surface area contributed by atoms with Crippen molar-refractivity contribution >= 4 is 40.3 Å². The van der Waals surface area contributed by atoms with Gasteiger partial charge in [0.05, 0.1) is 31.7 Å². The van der Waals surface area contributed by atoms with Gasteiger partial charge in [-0.2, -0.15) is 4.98 Å². The number of methoxy groups -OCH3 is 1. The summed E-state index contributed by atoms with van der Waals surface area (Å²) in [6.45, 7) is 4.39. The normalized spacial score (nSPS) is 14.7. The van der Waals surface area contributed by atoms with Gasteiger partial charge in [0.2, 0.25) is 5.88 Å². The predicted molar refractivity (Wildman–Crippen MR) is 148 cm³/mol. The fourth-order valence-electron chi connectivity index (χ4n) is 4.28. The third kappa shape index (κ3) is 5.89. The molecular weight excluding hydrogens is 543 g/mol. The summed E-state index contributed by atoms with van der Waals surface area (Å²) < 4.78 is 19.7. The SMILES string of the molecule is COc1ccc(Cl)cc1Cn1c(-c2cccc(OC[C@H](C)CC(=O)O)c2Cl)nc2c(OC3(C)CC3)ncnc21. The zero-order chi connectivity index (χ0) is 27.7. The Labute approximate surface area is 235 Å². The van der Waals surface area contributed by atoms with Crippen LogP contribution in [0, 0.1) is 5.92 Å². The smallest absolute Gasteiger partial charge is 0.303 e. The molecule has 1 aliphatic rings. The maximum Gasteiger partial charge on any atom is 0.303 e. The first-order valence-electron chi connectivity index (χ1n) is 12.5. The van der Waals surface area contributed by atoms with Crippen LogP contribution in [0.4, 0.5) is 0 Å². The number of halogens is 2. The first-order valence-corrected chi connectivity index (χ1v) is 13.3. The predicted octanol–water partition coefficient (Wildman–Crippen LogP) is 6.28. The van der Waals surface area contributed by atoms with Gasteiger partial charge in [0, 0.05) is 22.1 Å². The van der Waals surface area contributed by atoms with Gasteiger partial charge in [-0.05, 0) is 50.1 Å². The average Bonchev–Trinajstić information content (AvgIpc) is 3.51. The molecule has 39 heavy (non-hydrogen) atoms. The van der Waals surface area contributed by atoms with E-state index in [0.29, 0.717) is 56.5 Å². The zero-order valence-corrected chi connectivity index (χ0v) is 23.3. The number of carboxylic acids is 1. The minimum absolute atomic E-state index is 0.00502. The van der Waals surface area contributed by atoms with E-state index in [2.05, 4.69) is 9.97 Å². The molecule has 2 aromatic heterocycles. The van der Waals surface area contributed by atoms with Crippen molar-refractivity contribution in [2.24, 2.45) is 5.92 Å². The standard InChI is InChI=1S/C28H28Cl2N4O5/c1-16(11-22(35)36)14-38-21-6-4-5-19(23(21)30)25-33-24-26(31-15-32-27(24)39-28(2)9-10-28)34(25)13-17-12-18(29)7-8-20(17)37-3/h4-8,12,15-16H,9-11,13-14H2,1-3H3,(H,35,36)/t16-/m1/s1. The Morgan fingerprint density at radius 2 is 1.97 bits per heavy atom. The maximum atomic E-state index is 11.1. The second kappa shape index (κ2) is 10.9. The first kappa shape index (κ1) is 27.0. The summed E-state index contributed by atoms with van der Waals surface area (Å²) in [6.07, 6.45) is 3.34. The van der Waals surface area contributed by atoms with Gasteiger partial charge in [0.1, 0.15) is 29.3 Å². The van der Waals surface area contributed by atoms with E-state index in [4.69, 9.17) is 47.5 Å². The van der Waals surface area contributed by atoms with Crippen LogP contribution in [0.25, 0.3) is 22.6 Å². The number of carbonyl (C=O) groups is 1. The first-order chi connectivity index (χ1) is 18.7. The number of hydrogen-bond donors (Lipinski definition) is 1. The van der Waals surface area contributed by atoms with E-state index < -0.39 is 5.97 Å². The molecule has 0 bridgehead atoms. The second-order valence-corrected chi connectivity index (χ2v) is 10.8. The van der Waals surface area contributed by atoms with Gasteiger partial charge in [0.25, 0.3) is 0 Å². The lowest BCUT2D eigenvalue weighted by Crippen LogP contribution is -2.13. The van der Waals surface area contributed by atoms with E-state index >= 15 is 0 Å². The van der Waals surface area contributed by atoms with Gasteiger partial charge in [-0.1, -0.05) is 36.2 Å². The zero-order valence-electron chi connectivity index (χ0n) is 21.8. The number of imidazole rings is 1. The monoisotopic (exact) mass is 570 g/mol. The van der Waals surface area contributed by atoms with E-state index in [1.165, 1.54) is 6.33 Å². The number of carboxylic acid groups (broad SMARTS) is 1. The molecule has 4 aromatic rings. The number of rotatable bonds is 11. The summed E-state index contributed by atoms with van der Waals surface area (Å²) in [5, 5.41) is 9.99. The molecule has 1 aliphatic carbocycles. The number of nitrogens with zero attached hydrogens (tertiary/aromatic N) is 4. The summed E-state index contributed by atoms with van der Waals surface area (Å²) in [4.78, 5) is 24.9. The molecule has 2 heterocycles. The largest absolute Gasteiger partial charge is 0.496 e. The van der Waals surface area contributed by atoms with Gasteiger partial charge in [-0.25, -0.2) is 9.97 Å². The number of ether oxygens (including phenoxy) is 3. The van der Waals surface area contributed by atoms with E-state index in [-0.39, 0.29) is 24.5 Å². The van der Waals surface area contributed by atoms with Crippen molar-refractivity contribution in [2.75, 3.05) is 13.7 Å². The average molecular weight is 571 g/mol. The van der Waals surface area contributed by atoms with Crippen molar-refractivity contribution in [3.63, 3.8) is 0 Å². The van der Waals surface area contributed by atoms with Crippen LogP contribution in [0.1, 0.15) is 38.7 Å². The van der Waals surface area contributed by atoms with Crippen molar-refractivity contribution in [3.8, 4) is 28.8 Å². The topological polar surface area (TPSA) is 109 Å². The third-order valence-corrected chi connectivity index (χ3v) is 7.24. The highest BCUT2D eigenvalue weighted by Gasteiger charge is 2.41. The molecule has 11 heteroatoms. The molecule has 1 N–H and O–H groups in total. The molecule has 9 nitrogen and oxygen atoms in total. The van der Waals surface area contributed by atoms with Gasteiger partial charge in [-0.15, -0.1) is 0 Å². The van der Waals surface area contributed by atoms with Gasteiger partial charge in [-0.3, -0.25) is 4.79 Å². The molecule has 204 valence electrons. The molecule has 0 radical (unpaired) electrons. The molecule has 2 aromatic carbocycles. The second-order valence-electron chi connectivity index (χ2n) is 10.0. The highest BCUT2D eigenvalue weighted by molar-refractivity contribution is 6.34. The molecule has 0 spiro atoms. The molecule has 5 rings (SSSR count). The molecule has 0 saturated heterocycles. The van der Waals surface area contributed by atoms with Crippen molar-refractivity contribution in [1.29, 1.82) is 0 Å².